The van der Waals surface area contributed by atoms with Crippen molar-refractivity contribution in [2.24, 2.45) is 5.92 Å². The molecule has 1 heterocycles. The quantitative estimate of drug-likeness (QED) is 0.869. The molecule has 1 saturated heterocycles. The minimum Gasteiger partial charge on any atom is -0.507 e. The van der Waals surface area contributed by atoms with Crippen LogP contribution in [-0.2, 0) is 10.0 Å². The fraction of sp³-hybridized carbons (Fsp3) is 0.538. The smallest absolute Gasteiger partial charge is 0.244 e. The molecule has 1 aromatic rings. The lowest BCUT2D eigenvalue weighted by Crippen LogP contribution is -2.48. The minimum absolute atomic E-state index is 0.0545. The van der Waals surface area contributed by atoms with Gasteiger partial charge in [0.25, 0.3) is 0 Å². The fourth-order valence-electron chi connectivity index (χ4n) is 2.48. The number of phenolic OH excluding ortho intramolecular Hbond substituents is 1. The second kappa shape index (κ2) is 5.48. The molecule has 19 heavy (non-hydrogen) atoms. The first-order chi connectivity index (χ1) is 8.90. The molecule has 1 fully saturated rings. The van der Waals surface area contributed by atoms with Crippen LogP contribution >= 0.6 is 0 Å². The molecule has 0 aliphatic carbocycles. The number of phenols is 1. The lowest BCUT2D eigenvalue weighted by atomic mass is 9.95. The van der Waals surface area contributed by atoms with E-state index in [0.717, 1.165) is 19.5 Å². The van der Waals surface area contributed by atoms with Crippen molar-refractivity contribution in [2.45, 2.75) is 24.3 Å². The summed E-state index contributed by atoms with van der Waals surface area (Å²) in [5.74, 6) is 0.0370. The van der Waals surface area contributed by atoms with Crippen LogP contribution in [0.2, 0.25) is 0 Å². The first kappa shape index (κ1) is 14.3. The molecule has 106 valence electrons. The third-order valence-electron chi connectivity index (χ3n) is 3.57. The number of para-hydroxylation sites is 1. The molecule has 0 saturated carbocycles. The summed E-state index contributed by atoms with van der Waals surface area (Å²) in [5.41, 5.74) is 0. The Bertz CT molecular complexity index is 545. The molecule has 6 heteroatoms. The largest absolute Gasteiger partial charge is 0.507 e. The predicted octanol–water partition coefficient (Wildman–Crippen LogP) is 1.01. The summed E-state index contributed by atoms with van der Waals surface area (Å²) >= 11 is 0. The number of likely N-dealkylation sites (tertiary alicyclic amines) is 1. The maximum Gasteiger partial charge on any atom is 0.244 e. The Morgan fingerprint density at radius 1 is 1.37 bits per heavy atom. The van der Waals surface area contributed by atoms with E-state index >= 15 is 0 Å². The zero-order valence-electron chi connectivity index (χ0n) is 11.2. The molecule has 1 aromatic carbocycles. The van der Waals surface area contributed by atoms with Gasteiger partial charge in [0.05, 0.1) is 0 Å². The SMILES string of the molecule is CC1CN(C)CCC1NS(=O)(=O)c1ccccc1O. The van der Waals surface area contributed by atoms with E-state index in [1.165, 1.54) is 12.1 Å². The second-order valence-corrected chi connectivity index (χ2v) is 6.91. The van der Waals surface area contributed by atoms with Gasteiger partial charge in [0.1, 0.15) is 10.6 Å². The van der Waals surface area contributed by atoms with Crippen LogP contribution in [0.5, 0.6) is 5.75 Å². The van der Waals surface area contributed by atoms with Crippen LogP contribution in [0.3, 0.4) is 0 Å². The molecule has 1 aliphatic rings. The number of nitrogens with zero attached hydrogens (tertiary/aromatic N) is 1. The molecule has 2 rings (SSSR count). The number of piperidine rings is 1. The van der Waals surface area contributed by atoms with E-state index in [1.54, 1.807) is 12.1 Å². The molecule has 2 unspecified atom stereocenters. The van der Waals surface area contributed by atoms with Gasteiger partial charge in [-0.3, -0.25) is 0 Å². The van der Waals surface area contributed by atoms with Crippen molar-refractivity contribution >= 4 is 10.0 Å². The van der Waals surface area contributed by atoms with Crippen molar-refractivity contribution in [3.8, 4) is 5.75 Å². The Hall–Kier alpha value is -1.11. The van der Waals surface area contributed by atoms with E-state index in [1.807, 2.05) is 14.0 Å². The topological polar surface area (TPSA) is 69.6 Å². The highest BCUT2D eigenvalue weighted by Gasteiger charge is 2.29. The highest BCUT2D eigenvalue weighted by Crippen LogP contribution is 2.24. The number of sulfonamides is 1. The first-order valence-electron chi connectivity index (χ1n) is 6.39. The number of hydrogen-bond donors (Lipinski definition) is 2. The van der Waals surface area contributed by atoms with Gasteiger partial charge in [-0.25, -0.2) is 13.1 Å². The summed E-state index contributed by atoms with van der Waals surface area (Å²) in [6, 6.07) is 5.92. The van der Waals surface area contributed by atoms with E-state index in [-0.39, 0.29) is 22.6 Å². The van der Waals surface area contributed by atoms with Gasteiger partial charge in [0, 0.05) is 12.6 Å². The summed E-state index contributed by atoms with van der Waals surface area (Å²) in [6.45, 7) is 3.78. The van der Waals surface area contributed by atoms with Crippen molar-refractivity contribution in [2.75, 3.05) is 20.1 Å². The Labute approximate surface area is 114 Å². The van der Waals surface area contributed by atoms with Crippen molar-refractivity contribution in [3.05, 3.63) is 24.3 Å². The predicted molar refractivity (Wildman–Crippen MR) is 73.5 cm³/mol. The molecule has 0 amide bonds. The fourth-order valence-corrected chi connectivity index (χ4v) is 3.95. The van der Waals surface area contributed by atoms with Gasteiger partial charge in [0.2, 0.25) is 10.0 Å². The van der Waals surface area contributed by atoms with Crippen molar-refractivity contribution in [3.63, 3.8) is 0 Å². The molecule has 0 radical (unpaired) electrons. The summed E-state index contributed by atoms with van der Waals surface area (Å²) in [7, 11) is -1.63. The van der Waals surface area contributed by atoms with Gasteiger partial charge in [-0.15, -0.1) is 0 Å². The van der Waals surface area contributed by atoms with Crippen LogP contribution in [-0.4, -0.2) is 44.6 Å². The maximum absolute atomic E-state index is 12.3. The molecule has 0 spiro atoms. The molecule has 2 atom stereocenters. The van der Waals surface area contributed by atoms with Gasteiger partial charge >= 0.3 is 0 Å². The minimum atomic E-state index is -3.66. The second-order valence-electron chi connectivity index (χ2n) is 5.22. The van der Waals surface area contributed by atoms with Crippen molar-refractivity contribution < 1.29 is 13.5 Å². The molecule has 0 aromatic heterocycles. The molecular formula is C13H20N2O3S. The zero-order valence-corrected chi connectivity index (χ0v) is 12.0. The standard InChI is InChI=1S/C13H20N2O3S/c1-10-9-15(2)8-7-11(10)14-19(17,18)13-6-4-3-5-12(13)16/h3-6,10-11,14,16H,7-9H2,1-2H3. The van der Waals surface area contributed by atoms with E-state index in [4.69, 9.17) is 0 Å². The van der Waals surface area contributed by atoms with Crippen LogP contribution in [0.1, 0.15) is 13.3 Å². The first-order valence-corrected chi connectivity index (χ1v) is 7.87. The number of rotatable bonds is 3. The molecule has 1 aliphatic heterocycles. The van der Waals surface area contributed by atoms with E-state index in [0.29, 0.717) is 0 Å². The molecule has 2 N–H and O–H groups in total. The van der Waals surface area contributed by atoms with Gasteiger partial charge in [-0.1, -0.05) is 19.1 Å². The zero-order chi connectivity index (χ0) is 14.0. The lowest BCUT2D eigenvalue weighted by molar-refractivity contribution is 0.188. The van der Waals surface area contributed by atoms with E-state index in [2.05, 4.69) is 9.62 Å². The Morgan fingerprint density at radius 3 is 2.68 bits per heavy atom. The highest BCUT2D eigenvalue weighted by molar-refractivity contribution is 7.89. The van der Waals surface area contributed by atoms with Crippen LogP contribution < -0.4 is 4.72 Å². The van der Waals surface area contributed by atoms with Gasteiger partial charge < -0.3 is 10.0 Å². The van der Waals surface area contributed by atoms with Crippen LogP contribution in [0.25, 0.3) is 0 Å². The average Bonchev–Trinajstić information content (AvgIpc) is 2.33. The van der Waals surface area contributed by atoms with Crippen molar-refractivity contribution in [1.29, 1.82) is 0 Å². The summed E-state index contributed by atoms with van der Waals surface area (Å²) in [6.07, 6.45) is 0.782. The van der Waals surface area contributed by atoms with Crippen LogP contribution in [0, 0.1) is 5.92 Å². The summed E-state index contributed by atoms with van der Waals surface area (Å²) in [5, 5.41) is 9.66. The third kappa shape index (κ3) is 3.26. The Kier molecular flexibility index (Phi) is 4.13. The van der Waals surface area contributed by atoms with E-state index < -0.39 is 10.0 Å². The van der Waals surface area contributed by atoms with Gasteiger partial charge in [-0.05, 0) is 38.1 Å². The Balaban J connectivity index is 2.16. The van der Waals surface area contributed by atoms with Crippen molar-refractivity contribution in [1.82, 2.24) is 9.62 Å². The third-order valence-corrected chi connectivity index (χ3v) is 5.11. The molecule has 0 bridgehead atoms. The lowest BCUT2D eigenvalue weighted by Gasteiger charge is -2.34. The Morgan fingerprint density at radius 2 is 2.05 bits per heavy atom. The van der Waals surface area contributed by atoms with Crippen LogP contribution in [0.4, 0.5) is 0 Å². The van der Waals surface area contributed by atoms with Crippen LogP contribution in [0.15, 0.2) is 29.2 Å². The normalized spacial score (nSPS) is 25.4. The monoisotopic (exact) mass is 284 g/mol. The van der Waals surface area contributed by atoms with E-state index in [9.17, 15) is 13.5 Å². The molecule has 5 nitrogen and oxygen atoms in total. The number of aromatic hydroxyl groups is 1. The maximum atomic E-state index is 12.3. The number of benzene rings is 1. The number of nitrogens with one attached hydrogen (secondary N) is 1. The summed E-state index contributed by atoms with van der Waals surface area (Å²) in [4.78, 5) is 2.14. The van der Waals surface area contributed by atoms with Gasteiger partial charge in [0.15, 0.2) is 0 Å². The van der Waals surface area contributed by atoms with Gasteiger partial charge in [-0.2, -0.15) is 0 Å². The number of hydrogen-bond acceptors (Lipinski definition) is 4. The summed E-state index contributed by atoms with van der Waals surface area (Å²) < 4.78 is 27.2. The highest BCUT2D eigenvalue weighted by atomic mass is 32.2. The average molecular weight is 284 g/mol. The molecular weight excluding hydrogens is 264 g/mol.